The molecular formula is C10H10ClNO2. The summed E-state index contributed by atoms with van der Waals surface area (Å²) in [4.78, 5) is 14.7. The van der Waals surface area contributed by atoms with Crippen LogP contribution in [0.3, 0.4) is 0 Å². The van der Waals surface area contributed by atoms with Crippen LogP contribution < -0.4 is 0 Å². The Morgan fingerprint density at radius 3 is 2.71 bits per heavy atom. The highest BCUT2D eigenvalue weighted by molar-refractivity contribution is 6.31. The molecule has 0 saturated heterocycles. The van der Waals surface area contributed by atoms with E-state index in [0.717, 1.165) is 18.5 Å². The smallest absolute Gasteiger partial charge is 0.337 e. The standard InChI is InChI=1S/C10H10ClNO2/c11-8-4-7(10(13)14)5-12-9(8)6-2-1-3-6/h4-6H,1-3H2,(H,13,14). The van der Waals surface area contributed by atoms with Crippen molar-refractivity contribution in [2.24, 2.45) is 0 Å². The molecule has 0 bridgehead atoms. The molecule has 1 aromatic rings. The van der Waals surface area contributed by atoms with E-state index in [1.165, 1.54) is 18.7 Å². The normalized spacial score (nSPS) is 16.4. The molecule has 3 nitrogen and oxygen atoms in total. The van der Waals surface area contributed by atoms with Gasteiger partial charge < -0.3 is 5.11 Å². The number of carbonyl (C=O) groups is 1. The summed E-state index contributed by atoms with van der Waals surface area (Å²) in [6.07, 6.45) is 4.81. The maximum absolute atomic E-state index is 10.6. The third-order valence-corrected chi connectivity index (χ3v) is 2.91. The van der Waals surface area contributed by atoms with Crippen molar-refractivity contribution in [3.8, 4) is 0 Å². The summed E-state index contributed by atoms with van der Waals surface area (Å²) in [5.41, 5.74) is 1.00. The van der Waals surface area contributed by atoms with Crippen LogP contribution in [-0.2, 0) is 0 Å². The van der Waals surface area contributed by atoms with Crippen molar-refractivity contribution in [1.82, 2.24) is 4.98 Å². The minimum absolute atomic E-state index is 0.151. The summed E-state index contributed by atoms with van der Waals surface area (Å²) in [5.74, 6) is -0.551. The van der Waals surface area contributed by atoms with E-state index in [9.17, 15) is 4.79 Å². The average Bonchev–Trinajstić information content (AvgIpc) is 2.04. The first-order valence-corrected chi connectivity index (χ1v) is 4.95. The fourth-order valence-corrected chi connectivity index (χ4v) is 1.87. The van der Waals surface area contributed by atoms with Crippen LogP contribution in [0, 0.1) is 0 Å². The number of hydrogen-bond acceptors (Lipinski definition) is 2. The Kier molecular flexibility index (Phi) is 2.42. The highest BCUT2D eigenvalue weighted by Crippen LogP contribution is 2.38. The van der Waals surface area contributed by atoms with Gasteiger partial charge in [-0.25, -0.2) is 4.79 Å². The molecule has 1 aromatic heterocycles. The maximum Gasteiger partial charge on any atom is 0.337 e. The summed E-state index contributed by atoms with van der Waals surface area (Å²) in [7, 11) is 0. The molecule has 0 atom stereocenters. The zero-order valence-corrected chi connectivity index (χ0v) is 8.29. The van der Waals surface area contributed by atoms with Crippen molar-refractivity contribution in [3.05, 3.63) is 28.5 Å². The lowest BCUT2D eigenvalue weighted by Gasteiger charge is -2.25. The fraction of sp³-hybridized carbons (Fsp3) is 0.400. The van der Waals surface area contributed by atoms with Crippen LogP contribution in [0.4, 0.5) is 0 Å². The average molecular weight is 212 g/mol. The lowest BCUT2D eigenvalue weighted by atomic mass is 9.82. The number of nitrogens with zero attached hydrogens (tertiary/aromatic N) is 1. The second-order valence-corrected chi connectivity index (χ2v) is 3.93. The van der Waals surface area contributed by atoms with Crippen molar-refractivity contribution in [3.63, 3.8) is 0 Å². The molecule has 1 N–H and O–H groups in total. The first kappa shape index (κ1) is 9.46. The molecular weight excluding hydrogens is 202 g/mol. The van der Waals surface area contributed by atoms with Crippen molar-refractivity contribution in [1.29, 1.82) is 0 Å². The third kappa shape index (κ3) is 1.60. The Hall–Kier alpha value is -1.09. The van der Waals surface area contributed by atoms with E-state index < -0.39 is 5.97 Å². The van der Waals surface area contributed by atoms with Crippen LogP contribution >= 0.6 is 11.6 Å². The zero-order valence-electron chi connectivity index (χ0n) is 7.53. The van der Waals surface area contributed by atoms with Gasteiger partial charge >= 0.3 is 5.97 Å². The number of pyridine rings is 1. The molecule has 1 aliphatic carbocycles. The van der Waals surface area contributed by atoms with E-state index in [-0.39, 0.29) is 5.56 Å². The Labute approximate surface area is 86.7 Å². The molecule has 14 heavy (non-hydrogen) atoms. The molecule has 0 aliphatic heterocycles. The van der Waals surface area contributed by atoms with Gasteiger partial charge in [0.25, 0.3) is 0 Å². The molecule has 1 saturated carbocycles. The quantitative estimate of drug-likeness (QED) is 0.818. The molecule has 4 heteroatoms. The topological polar surface area (TPSA) is 50.2 Å². The molecule has 0 radical (unpaired) electrons. The second kappa shape index (κ2) is 3.58. The molecule has 74 valence electrons. The van der Waals surface area contributed by atoms with Crippen LogP contribution in [0.1, 0.15) is 41.2 Å². The maximum atomic E-state index is 10.6. The Morgan fingerprint density at radius 1 is 1.57 bits per heavy atom. The number of aromatic carboxylic acids is 1. The third-order valence-electron chi connectivity index (χ3n) is 2.61. The fourth-order valence-electron chi connectivity index (χ4n) is 1.55. The molecule has 2 rings (SSSR count). The van der Waals surface area contributed by atoms with Gasteiger partial charge in [0.15, 0.2) is 0 Å². The number of aromatic nitrogens is 1. The lowest BCUT2D eigenvalue weighted by Crippen LogP contribution is -2.12. The summed E-state index contributed by atoms with van der Waals surface area (Å²) in [6.45, 7) is 0. The number of halogens is 1. The summed E-state index contributed by atoms with van der Waals surface area (Å²) in [5, 5.41) is 9.19. The number of hydrogen-bond donors (Lipinski definition) is 1. The molecule has 0 unspecified atom stereocenters. The van der Waals surface area contributed by atoms with Crippen LogP contribution in [-0.4, -0.2) is 16.1 Å². The Morgan fingerprint density at radius 2 is 2.29 bits per heavy atom. The first-order chi connectivity index (χ1) is 6.68. The van der Waals surface area contributed by atoms with Crippen LogP contribution in [0.5, 0.6) is 0 Å². The van der Waals surface area contributed by atoms with Crippen molar-refractivity contribution in [2.75, 3.05) is 0 Å². The van der Waals surface area contributed by atoms with Crippen LogP contribution in [0.25, 0.3) is 0 Å². The van der Waals surface area contributed by atoms with Gasteiger partial charge in [0, 0.05) is 12.1 Å². The molecule has 1 aliphatic rings. The minimum Gasteiger partial charge on any atom is -0.478 e. The van der Waals surface area contributed by atoms with Gasteiger partial charge in [0.05, 0.1) is 16.3 Å². The predicted molar refractivity (Wildman–Crippen MR) is 52.8 cm³/mol. The first-order valence-electron chi connectivity index (χ1n) is 4.57. The number of rotatable bonds is 2. The van der Waals surface area contributed by atoms with E-state index in [4.69, 9.17) is 16.7 Å². The largest absolute Gasteiger partial charge is 0.478 e. The van der Waals surface area contributed by atoms with Gasteiger partial charge in [0.1, 0.15) is 0 Å². The van der Waals surface area contributed by atoms with Crippen LogP contribution in [0.2, 0.25) is 5.02 Å². The van der Waals surface area contributed by atoms with Crippen LogP contribution in [0.15, 0.2) is 12.3 Å². The van der Waals surface area contributed by atoms with Crippen molar-refractivity contribution < 1.29 is 9.90 Å². The number of carboxylic acid groups (broad SMARTS) is 1. The van der Waals surface area contributed by atoms with Gasteiger partial charge in [-0.1, -0.05) is 18.0 Å². The molecule has 0 spiro atoms. The Balaban J connectivity index is 2.30. The summed E-state index contributed by atoms with van der Waals surface area (Å²) in [6, 6.07) is 1.48. The van der Waals surface area contributed by atoms with Gasteiger partial charge in [-0.15, -0.1) is 0 Å². The summed E-state index contributed by atoms with van der Waals surface area (Å²) < 4.78 is 0. The molecule has 0 amide bonds. The van der Waals surface area contributed by atoms with Crippen molar-refractivity contribution in [2.45, 2.75) is 25.2 Å². The lowest BCUT2D eigenvalue weighted by molar-refractivity contribution is 0.0696. The Bertz CT molecular complexity index is 374. The van der Waals surface area contributed by atoms with E-state index in [1.54, 1.807) is 0 Å². The monoisotopic (exact) mass is 211 g/mol. The molecule has 1 heterocycles. The number of carboxylic acids is 1. The summed E-state index contributed by atoms with van der Waals surface area (Å²) >= 11 is 5.96. The van der Waals surface area contributed by atoms with Gasteiger partial charge in [-0.3, -0.25) is 4.98 Å². The highest BCUT2D eigenvalue weighted by atomic mass is 35.5. The van der Waals surface area contributed by atoms with E-state index in [1.807, 2.05) is 0 Å². The van der Waals surface area contributed by atoms with Gasteiger partial charge in [0.2, 0.25) is 0 Å². The zero-order chi connectivity index (χ0) is 10.1. The van der Waals surface area contributed by atoms with E-state index in [2.05, 4.69) is 4.98 Å². The highest BCUT2D eigenvalue weighted by Gasteiger charge is 2.23. The predicted octanol–water partition coefficient (Wildman–Crippen LogP) is 2.70. The molecule has 0 aromatic carbocycles. The SMILES string of the molecule is O=C(O)c1cnc(C2CCC2)c(Cl)c1. The van der Waals surface area contributed by atoms with E-state index in [0.29, 0.717) is 10.9 Å². The van der Waals surface area contributed by atoms with Gasteiger partial charge in [-0.2, -0.15) is 0 Å². The minimum atomic E-state index is -0.987. The molecule has 1 fully saturated rings. The van der Waals surface area contributed by atoms with E-state index >= 15 is 0 Å². The van der Waals surface area contributed by atoms with Gasteiger partial charge in [-0.05, 0) is 18.9 Å². The van der Waals surface area contributed by atoms with Crippen molar-refractivity contribution >= 4 is 17.6 Å². The second-order valence-electron chi connectivity index (χ2n) is 3.52.